The maximum absolute atomic E-state index is 13.1. The van der Waals surface area contributed by atoms with Gasteiger partial charge in [0.1, 0.15) is 5.69 Å². The van der Waals surface area contributed by atoms with E-state index >= 15 is 0 Å². The standard InChI is InChI=1S/C19H21N6O2/c1-4-19(5-2)11-9-13-14(10-15(11)24(6-3)17(19)26)22-16(21-13)12-7-8-25(23-12)18(20)27/h8-10H,4-6H2,1-3H3,(H2,20,27)(H,21,22). The molecule has 4 rings (SSSR count). The number of nitrogens with two attached hydrogens (primary N) is 1. The number of fused-ring (bicyclic) bond motifs is 2. The number of carbonyl (C=O) groups excluding carboxylic acids is 2. The zero-order valence-corrected chi connectivity index (χ0v) is 15.5. The summed E-state index contributed by atoms with van der Waals surface area (Å²) in [5, 5.41) is 4.09. The number of amides is 2. The van der Waals surface area contributed by atoms with Gasteiger partial charge >= 0.3 is 6.03 Å². The zero-order valence-electron chi connectivity index (χ0n) is 15.5. The summed E-state index contributed by atoms with van der Waals surface area (Å²) in [5.74, 6) is 0.660. The van der Waals surface area contributed by atoms with Gasteiger partial charge in [0, 0.05) is 18.8 Å². The molecule has 1 radical (unpaired) electrons. The number of anilines is 1. The van der Waals surface area contributed by atoms with Gasteiger partial charge in [-0.05, 0) is 37.5 Å². The van der Waals surface area contributed by atoms with Gasteiger partial charge in [-0.15, -0.1) is 0 Å². The number of H-pyrrole nitrogens is 1. The molecular weight excluding hydrogens is 344 g/mol. The molecule has 27 heavy (non-hydrogen) atoms. The second kappa shape index (κ2) is 5.94. The van der Waals surface area contributed by atoms with Gasteiger partial charge in [-0.25, -0.2) is 9.78 Å². The van der Waals surface area contributed by atoms with Crippen LogP contribution in [0.15, 0.2) is 18.3 Å². The monoisotopic (exact) mass is 365 g/mol. The van der Waals surface area contributed by atoms with Crippen molar-refractivity contribution in [2.24, 2.45) is 5.73 Å². The first-order chi connectivity index (χ1) is 12.9. The van der Waals surface area contributed by atoms with E-state index in [1.807, 2.05) is 24.0 Å². The van der Waals surface area contributed by atoms with E-state index < -0.39 is 11.4 Å². The SMILES string of the molecule is CCN1C(=O)C(CC)(CC)c2cc3[nH]c(-c4[c]cn(C(N)=O)n4)nc3cc21. The molecule has 0 unspecified atom stereocenters. The van der Waals surface area contributed by atoms with Crippen LogP contribution in [0.4, 0.5) is 10.5 Å². The molecule has 8 heteroatoms. The lowest BCUT2D eigenvalue weighted by atomic mass is 9.77. The van der Waals surface area contributed by atoms with Crippen LogP contribution in [0, 0.1) is 6.07 Å². The van der Waals surface area contributed by atoms with Crippen molar-refractivity contribution in [2.45, 2.75) is 39.0 Å². The summed E-state index contributed by atoms with van der Waals surface area (Å²) in [6.45, 7) is 6.71. The normalized spacial score (nSPS) is 15.5. The first-order valence-electron chi connectivity index (χ1n) is 9.08. The van der Waals surface area contributed by atoms with E-state index in [1.54, 1.807) is 0 Å². The van der Waals surface area contributed by atoms with Crippen molar-refractivity contribution in [3.63, 3.8) is 0 Å². The summed E-state index contributed by atoms with van der Waals surface area (Å²) in [4.78, 5) is 33.9. The fourth-order valence-electron chi connectivity index (χ4n) is 4.01. The third kappa shape index (κ3) is 2.29. The lowest BCUT2D eigenvalue weighted by Gasteiger charge is -2.25. The number of imidazole rings is 1. The fraction of sp³-hybridized carbons (Fsp3) is 0.368. The summed E-state index contributed by atoms with van der Waals surface area (Å²) in [6.07, 6.45) is 2.87. The number of aromatic amines is 1. The van der Waals surface area contributed by atoms with E-state index in [0.717, 1.165) is 39.8 Å². The molecule has 0 saturated heterocycles. The van der Waals surface area contributed by atoms with Crippen LogP contribution in [-0.4, -0.2) is 38.2 Å². The highest BCUT2D eigenvalue weighted by Crippen LogP contribution is 2.47. The van der Waals surface area contributed by atoms with Crippen LogP contribution in [0.5, 0.6) is 0 Å². The molecule has 8 nitrogen and oxygen atoms in total. The molecule has 1 aliphatic heterocycles. The highest BCUT2D eigenvalue weighted by Gasteiger charge is 2.48. The van der Waals surface area contributed by atoms with Gasteiger partial charge in [-0.3, -0.25) is 4.79 Å². The Bertz CT molecular complexity index is 1060. The average Bonchev–Trinajstić information content (AvgIpc) is 3.34. The molecule has 0 saturated carbocycles. The number of nitrogens with zero attached hydrogens (tertiary/aromatic N) is 4. The average molecular weight is 365 g/mol. The number of carbonyl (C=O) groups is 2. The van der Waals surface area contributed by atoms with Crippen LogP contribution in [0.1, 0.15) is 39.2 Å². The number of aromatic nitrogens is 4. The Morgan fingerprint density at radius 1 is 1.30 bits per heavy atom. The van der Waals surface area contributed by atoms with E-state index in [-0.39, 0.29) is 5.91 Å². The smallest absolute Gasteiger partial charge is 0.339 e. The van der Waals surface area contributed by atoms with Crippen molar-refractivity contribution >= 4 is 28.7 Å². The predicted molar refractivity (Wildman–Crippen MR) is 101 cm³/mol. The molecular formula is C19H21N6O2. The Kier molecular flexibility index (Phi) is 3.80. The van der Waals surface area contributed by atoms with Crippen molar-refractivity contribution in [3.8, 4) is 11.5 Å². The summed E-state index contributed by atoms with van der Waals surface area (Å²) in [5.41, 5.74) is 8.65. The summed E-state index contributed by atoms with van der Waals surface area (Å²) >= 11 is 0. The highest BCUT2D eigenvalue weighted by atomic mass is 16.2. The summed E-state index contributed by atoms with van der Waals surface area (Å²) in [7, 11) is 0. The number of rotatable bonds is 4. The highest BCUT2D eigenvalue weighted by molar-refractivity contribution is 6.10. The molecule has 0 bridgehead atoms. The molecule has 0 aliphatic carbocycles. The number of benzene rings is 1. The molecule has 3 heterocycles. The molecule has 3 N–H and O–H groups in total. The van der Waals surface area contributed by atoms with E-state index in [0.29, 0.717) is 18.1 Å². The molecule has 0 spiro atoms. The number of likely N-dealkylation sites (N-methyl/N-ethyl adjacent to an activating group) is 1. The van der Waals surface area contributed by atoms with Crippen LogP contribution < -0.4 is 10.6 Å². The maximum atomic E-state index is 13.1. The molecule has 1 aliphatic rings. The minimum absolute atomic E-state index is 0.159. The van der Waals surface area contributed by atoms with E-state index in [4.69, 9.17) is 5.73 Å². The Morgan fingerprint density at radius 3 is 2.63 bits per heavy atom. The largest absolute Gasteiger partial charge is 0.350 e. The van der Waals surface area contributed by atoms with Crippen LogP contribution in [0.3, 0.4) is 0 Å². The second-order valence-electron chi connectivity index (χ2n) is 6.72. The Morgan fingerprint density at radius 2 is 2.04 bits per heavy atom. The lowest BCUT2D eigenvalue weighted by molar-refractivity contribution is -0.123. The van der Waals surface area contributed by atoms with Crippen molar-refractivity contribution in [1.82, 2.24) is 19.7 Å². The number of hydrogen-bond donors (Lipinski definition) is 2. The van der Waals surface area contributed by atoms with Crippen LogP contribution in [-0.2, 0) is 10.2 Å². The Labute approximate surface area is 156 Å². The molecule has 2 aromatic heterocycles. The zero-order chi connectivity index (χ0) is 19.3. The number of hydrogen-bond acceptors (Lipinski definition) is 4. The van der Waals surface area contributed by atoms with Gasteiger partial charge in [0.2, 0.25) is 5.91 Å². The van der Waals surface area contributed by atoms with Gasteiger partial charge in [0.15, 0.2) is 5.82 Å². The van der Waals surface area contributed by atoms with Gasteiger partial charge < -0.3 is 15.6 Å². The van der Waals surface area contributed by atoms with Crippen LogP contribution in [0.2, 0.25) is 0 Å². The predicted octanol–water partition coefficient (Wildman–Crippen LogP) is 2.58. The van der Waals surface area contributed by atoms with Gasteiger partial charge in [-0.2, -0.15) is 9.78 Å². The van der Waals surface area contributed by atoms with E-state index in [1.165, 1.54) is 6.20 Å². The van der Waals surface area contributed by atoms with Crippen LogP contribution in [0.25, 0.3) is 22.6 Å². The lowest BCUT2D eigenvalue weighted by Crippen LogP contribution is -2.39. The topological polar surface area (TPSA) is 110 Å². The minimum atomic E-state index is -0.680. The first kappa shape index (κ1) is 17.3. The van der Waals surface area contributed by atoms with E-state index in [9.17, 15) is 9.59 Å². The fourth-order valence-corrected chi connectivity index (χ4v) is 4.01. The molecule has 3 aromatic rings. The van der Waals surface area contributed by atoms with Crippen molar-refractivity contribution in [3.05, 3.63) is 30.0 Å². The van der Waals surface area contributed by atoms with Gasteiger partial charge in [0.05, 0.1) is 22.1 Å². The van der Waals surface area contributed by atoms with Crippen molar-refractivity contribution < 1.29 is 9.59 Å². The number of primary amides is 1. The van der Waals surface area contributed by atoms with Gasteiger partial charge in [-0.1, -0.05) is 13.8 Å². The molecule has 139 valence electrons. The Hall–Kier alpha value is -3.16. The molecule has 1 aromatic carbocycles. The Balaban J connectivity index is 1.88. The first-order valence-corrected chi connectivity index (χ1v) is 9.08. The second-order valence-corrected chi connectivity index (χ2v) is 6.72. The summed E-state index contributed by atoms with van der Waals surface area (Å²) < 4.78 is 1.01. The van der Waals surface area contributed by atoms with Crippen molar-refractivity contribution in [1.29, 1.82) is 0 Å². The third-order valence-electron chi connectivity index (χ3n) is 5.56. The third-order valence-corrected chi connectivity index (χ3v) is 5.56. The molecule has 2 amide bonds. The quantitative estimate of drug-likeness (QED) is 0.740. The maximum Gasteiger partial charge on any atom is 0.339 e. The summed E-state index contributed by atoms with van der Waals surface area (Å²) in [6, 6.07) is 6.17. The van der Waals surface area contributed by atoms with Crippen LogP contribution >= 0.6 is 0 Å². The van der Waals surface area contributed by atoms with Crippen molar-refractivity contribution in [2.75, 3.05) is 11.4 Å². The molecule has 0 atom stereocenters. The van der Waals surface area contributed by atoms with E-state index in [2.05, 4.69) is 35.0 Å². The number of nitrogens with one attached hydrogen (secondary N) is 1. The minimum Gasteiger partial charge on any atom is -0.350 e. The molecule has 0 fully saturated rings. The van der Waals surface area contributed by atoms with Gasteiger partial charge in [0.25, 0.3) is 0 Å².